The van der Waals surface area contributed by atoms with Gasteiger partial charge >= 0.3 is 0 Å². The van der Waals surface area contributed by atoms with Gasteiger partial charge < -0.3 is 5.32 Å². The molecule has 0 aliphatic heterocycles. The summed E-state index contributed by atoms with van der Waals surface area (Å²) in [6.45, 7) is 0.635. The Morgan fingerprint density at radius 2 is 1.71 bits per heavy atom. The summed E-state index contributed by atoms with van der Waals surface area (Å²) in [6.07, 6.45) is 6.66. The molecule has 0 atom stereocenters. The van der Waals surface area contributed by atoms with E-state index in [1.54, 1.807) is 0 Å². The summed E-state index contributed by atoms with van der Waals surface area (Å²) in [7, 11) is -2.79. The lowest BCUT2D eigenvalue weighted by Gasteiger charge is -2.16. The summed E-state index contributed by atoms with van der Waals surface area (Å²) in [4.78, 5) is 0. The van der Waals surface area contributed by atoms with E-state index in [9.17, 15) is 8.42 Å². The third-order valence-electron chi connectivity index (χ3n) is 3.11. The van der Waals surface area contributed by atoms with Crippen molar-refractivity contribution < 1.29 is 8.42 Å². The Bertz CT molecular complexity index is 279. The van der Waals surface area contributed by atoms with Gasteiger partial charge in [-0.3, -0.25) is 0 Å². The van der Waals surface area contributed by atoms with Gasteiger partial charge in [-0.05, 0) is 37.5 Å². The highest BCUT2D eigenvalue weighted by atomic mass is 32.2. The van der Waals surface area contributed by atoms with E-state index < -0.39 is 9.84 Å². The topological polar surface area (TPSA) is 46.2 Å². The maximum atomic E-state index is 10.9. The van der Waals surface area contributed by atoms with Crippen LogP contribution in [0.2, 0.25) is 0 Å². The fraction of sp³-hybridized carbons (Fsp3) is 1.00. The zero-order valence-electron chi connectivity index (χ0n) is 8.70. The summed E-state index contributed by atoms with van der Waals surface area (Å²) >= 11 is 0. The molecule has 0 saturated heterocycles. The van der Waals surface area contributed by atoms with Crippen LogP contribution in [0.3, 0.4) is 0 Å². The SMILES string of the molecule is CS(=O)(=O)CCNC(C1CC1)C1CC1. The molecule has 1 N–H and O–H groups in total. The van der Waals surface area contributed by atoms with E-state index in [0.717, 1.165) is 11.8 Å². The van der Waals surface area contributed by atoms with Gasteiger partial charge in [0.2, 0.25) is 0 Å². The molecular weight excluding hydrogens is 198 g/mol. The molecule has 82 valence electrons. The molecule has 0 aromatic rings. The zero-order chi connectivity index (χ0) is 10.2. The summed E-state index contributed by atoms with van der Waals surface area (Å²) in [6, 6.07) is 0.622. The Kier molecular flexibility index (Phi) is 2.84. The average Bonchev–Trinajstić information content (AvgIpc) is 2.89. The highest BCUT2D eigenvalue weighted by Gasteiger charge is 2.40. The number of nitrogens with one attached hydrogen (secondary N) is 1. The van der Waals surface area contributed by atoms with Gasteiger partial charge in [0.05, 0.1) is 5.75 Å². The van der Waals surface area contributed by atoms with Crippen molar-refractivity contribution in [1.82, 2.24) is 5.32 Å². The zero-order valence-corrected chi connectivity index (χ0v) is 9.52. The summed E-state index contributed by atoms with van der Waals surface area (Å²) < 4.78 is 21.9. The monoisotopic (exact) mass is 217 g/mol. The number of hydrogen-bond acceptors (Lipinski definition) is 3. The summed E-state index contributed by atoms with van der Waals surface area (Å²) in [5.74, 6) is 1.98. The van der Waals surface area contributed by atoms with Crippen LogP contribution in [0.1, 0.15) is 25.7 Å². The normalized spacial score (nSPS) is 23.0. The van der Waals surface area contributed by atoms with Gasteiger partial charge in [-0.15, -0.1) is 0 Å². The maximum absolute atomic E-state index is 10.9. The van der Waals surface area contributed by atoms with Crippen molar-refractivity contribution in [2.24, 2.45) is 11.8 Å². The lowest BCUT2D eigenvalue weighted by atomic mass is 10.1. The largest absolute Gasteiger partial charge is 0.312 e. The standard InChI is InChI=1S/C10H19NO2S/c1-14(12,13)7-6-11-10(8-2-3-8)9-4-5-9/h8-11H,2-7H2,1H3. The van der Waals surface area contributed by atoms with E-state index in [1.165, 1.54) is 31.9 Å². The highest BCUT2D eigenvalue weighted by molar-refractivity contribution is 7.90. The fourth-order valence-electron chi connectivity index (χ4n) is 2.04. The van der Waals surface area contributed by atoms with Crippen LogP contribution >= 0.6 is 0 Å². The van der Waals surface area contributed by atoms with Crippen LogP contribution in [0.25, 0.3) is 0 Å². The quantitative estimate of drug-likeness (QED) is 0.716. The van der Waals surface area contributed by atoms with Crippen LogP contribution in [0.4, 0.5) is 0 Å². The molecule has 2 saturated carbocycles. The minimum absolute atomic E-state index is 0.281. The molecule has 0 radical (unpaired) electrons. The Balaban J connectivity index is 1.72. The van der Waals surface area contributed by atoms with Crippen LogP contribution in [0.15, 0.2) is 0 Å². The Morgan fingerprint density at radius 3 is 2.07 bits per heavy atom. The van der Waals surface area contributed by atoms with Gasteiger partial charge in [0.25, 0.3) is 0 Å². The minimum atomic E-state index is -2.79. The highest BCUT2D eigenvalue weighted by Crippen LogP contribution is 2.44. The first-order valence-electron chi connectivity index (χ1n) is 5.47. The summed E-state index contributed by atoms with van der Waals surface area (Å²) in [5, 5.41) is 3.42. The molecule has 0 heterocycles. The van der Waals surface area contributed by atoms with Crippen molar-refractivity contribution in [1.29, 1.82) is 0 Å². The Hall–Kier alpha value is -0.0900. The predicted octanol–water partition coefficient (Wildman–Crippen LogP) is 0.809. The molecule has 0 aromatic heterocycles. The van der Waals surface area contributed by atoms with Gasteiger partial charge in [-0.2, -0.15) is 0 Å². The number of rotatable bonds is 6. The smallest absolute Gasteiger partial charge is 0.148 e. The molecular formula is C10H19NO2S. The minimum Gasteiger partial charge on any atom is -0.312 e. The van der Waals surface area contributed by atoms with Gasteiger partial charge in [0.15, 0.2) is 0 Å². The lowest BCUT2D eigenvalue weighted by Crippen LogP contribution is -2.36. The molecule has 0 amide bonds. The van der Waals surface area contributed by atoms with E-state index in [2.05, 4.69) is 5.32 Å². The Morgan fingerprint density at radius 1 is 1.21 bits per heavy atom. The van der Waals surface area contributed by atoms with Crippen LogP contribution in [-0.2, 0) is 9.84 Å². The van der Waals surface area contributed by atoms with Crippen LogP contribution in [0.5, 0.6) is 0 Å². The fourth-order valence-corrected chi connectivity index (χ4v) is 2.53. The van der Waals surface area contributed by atoms with Crippen molar-refractivity contribution in [3.05, 3.63) is 0 Å². The molecule has 3 nitrogen and oxygen atoms in total. The second kappa shape index (κ2) is 3.81. The molecule has 4 heteroatoms. The van der Waals surface area contributed by atoms with Gasteiger partial charge in [0.1, 0.15) is 9.84 Å². The van der Waals surface area contributed by atoms with E-state index in [4.69, 9.17) is 0 Å². The lowest BCUT2D eigenvalue weighted by molar-refractivity contribution is 0.427. The van der Waals surface area contributed by atoms with Crippen molar-refractivity contribution in [3.8, 4) is 0 Å². The first kappa shape index (κ1) is 10.4. The Labute approximate surface area is 86.2 Å². The summed E-state index contributed by atoms with van der Waals surface area (Å²) in [5.41, 5.74) is 0. The van der Waals surface area contributed by atoms with E-state index in [0.29, 0.717) is 12.6 Å². The molecule has 2 aliphatic carbocycles. The second-order valence-corrected chi connectivity index (χ2v) is 7.04. The molecule has 2 fully saturated rings. The molecule has 0 bridgehead atoms. The average molecular weight is 217 g/mol. The van der Waals surface area contributed by atoms with E-state index in [-0.39, 0.29) is 5.75 Å². The van der Waals surface area contributed by atoms with E-state index >= 15 is 0 Å². The first-order valence-corrected chi connectivity index (χ1v) is 7.53. The van der Waals surface area contributed by atoms with Gasteiger partial charge in [-0.1, -0.05) is 0 Å². The van der Waals surface area contributed by atoms with Crippen molar-refractivity contribution in [2.45, 2.75) is 31.7 Å². The molecule has 0 spiro atoms. The van der Waals surface area contributed by atoms with Crippen LogP contribution in [-0.4, -0.2) is 33.0 Å². The molecule has 0 aromatic carbocycles. The maximum Gasteiger partial charge on any atom is 0.148 e. The molecule has 2 aliphatic rings. The van der Waals surface area contributed by atoms with Gasteiger partial charge in [0, 0.05) is 18.8 Å². The number of sulfone groups is 1. The van der Waals surface area contributed by atoms with Crippen molar-refractivity contribution in [2.75, 3.05) is 18.6 Å². The first-order chi connectivity index (χ1) is 6.56. The third-order valence-corrected chi connectivity index (χ3v) is 4.06. The second-order valence-electron chi connectivity index (χ2n) is 4.78. The van der Waals surface area contributed by atoms with E-state index in [1.807, 2.05) is 0 Å². The molecule has 14 heavy (non-hydrogen) atoms. The van der Waals surface area contributed by atoms with Crippen molar-refractivity contribution >= 4 is 9.84 Å². The molecule has 0 unspecified atom stereocenters. The van der Waals surface area contributed by atoms with Crippen LogP contribution < -0.4 is 5.32 Å². The number of hydrogen-bond donors (Lipinski definition) is 1. The predicted molar refractivity (Wildman–Crippen MR) is 56.9 cm³/mol. The molecule has 2 rings (SSSR count). The van der Waals surface area contributed by atoms with Gasteiger partial charge in [-0.25, -0.2) is 8.42 Å². The third kappa shape index (κ3) is 3.24. The van der Waals surface area contributed by atoms with Crippen molar-refractivity contribution in [3.63, 3.8) is 0 Å². The van der Waals surface area contributed by atoms with Crippen LogP contribution in [0, 0.1) is 11.8 Å².